The Morgan fingerprint density at radius 2 is 2.06 bits per heavy atom. The first-order valence-electron chi connectivity index (χ1n) is 10.0. The van der Waals surface area contributed by atoms with Crippen molar-refractivity contribution < 1.29 is 14.3 Å². The monoisotopic (exact) mass is 486 g/mol. The molecule has 0 unspecified atom stereocenters. The van der Waals surface area contributed by atoms with Gasteiger partial charge < -0.3 is 14.6 Å². The second-order valence-corrected chi connectivity index (χ2v) is 10.1. The van der Waals surface area contributed by atoms with Crippen molar-refractivity contribution in [3.05, 3.63) is 46.2 Å². The van der Waals surface area contributed by atoms with Crippen molar-refractivity contribution in [1.29, 1.82) is 0 Å². The van der Waals surface area contributed by atoms with Crippen molar-refractivity contribution in [3.63, 3.8) is 0 Å². The molecule has 0 spiro atoms. The fourth-order valence-corrected chi connectivity index (χ4v) is 5.95. The van der Waals surface area contributed by atoms with Gasteiger partial charge in [-0.3, -0.25) is 4.79 Å². The van der Waals surface area contributed by atoms with E-state index >= 15 is 0 Å². The molecular formula is C22H22N4O3S3. The van der Waals surface area contributed by atoms with Gasteiger partial charge in [-0.05, 0) is 25.5 Å². The molecule has 0 bridgehead atoms. The Balaban J connectivity index is 1.52. The summed E-state index contributed by atoms with van der Waals surface area (Å²) in [6, 6.07) is 9.95. The molecule has 1 N–H and O–H groups in total. The Labute approximate surface area is 197 Å². The van der Waals surface area contributed by atoms with Crippen molar-refractivity contribution in [2.75, 3.05) is 18.2 Å². The number of ether oxygens (including phenoxy) is 1. The smallest absolute Gasteiger partial charge is 0.340 e. The molecule has 1 amide bonds. The molecule has 4 rings (SSSR count). The van der Waals surface area contributed by atoms with Crippen molar-refractivity contribution in [1.82, 2.24) is 14.8 Å². The third-order valence-corrected chi connectivity index (χ3v) is 7.63. The molecule has 32 heavy (non-hydrogen) atoms. The van der Waals surface area contributed by atoms with Gasteiger partial charge in [0.2, 0.25) is 5.91 Å². The predicted molar refractivity (Wildman–Crippen MR) is 131 cm³/mol. The number of thiophene rings is 2. The summed E-state index contributed by atoms with van der Waals surface area (Å²) in [5.74, 6) is 0.293. The third kappa shape index (κ3) is 4.57. The number of nitrogens with one attached hydrogen (secondary N) is 1. The van der Waals surface area contributed by atoms with E-state index in [0.717, 1.165) is 34.6 Å². The highest BCUT2D eigenvalue weighted by molar-refractivity contribution is 7.99. The van der Waals surface area contributed by atoms with E-state index in [-0.39, 0.29) is 11.7 Å². The van der Waals surface area contributed by atoms with Crippen LogP contribution in [-0.2, 0) is 16.1 Å². The summed E-state index contributed by atoms with van der Waals surface area (Å²) in [6.07, 6.45) is 0.920. The zero-order valence-electron chi connectivity index (χ0n) is 17.9. The first-order valence-corrected chi connectivity index (χ1v) is 12.7. The van der Waals surface area contributed by atoms with Gasteiger partial charge in [-0.25, -0.2) is 4.79 Å². The Hall–Kier alpha value is -2.69. The minimum absolute atomic E-state index is 0.157. The maximum Gasteiger partial charge on any atom is 0.340 e. The maximum absolute atomic E-state index is 12.6. The zero-order chi connectivity index (χ0) is 22.7. The quantitative estimate of drug-likeness (QED) is 0.263. The number of benzene rings is 1. The number of methoxy groups -OCH3 is 1. The van der Waals surface area contributed by atoms with Crippen LogP contribution in [0.3, 0.4) is 0 Å². The van der Waals surface area contributed by atoms with Crippen LogP contribution in [0.15, 0.2) is 40.9 Å². The number of nitrogens with zero attached hydrogens (tertiary/aromatic N) is 3. The lowest BCUT2D eigenvalue weighted by Crippen LogP contribution is -2.16. The summed E-state index contributed by atoms with van der Waals surface area (Å²) in [6.45, 7) is 4.74. The highest BCUT2D eigenvalue weighted by Crippen LogP contribution is 2.34. The predicted octanol–water partition coefficient (Wildman–Crippen LogP) is 5.46. The van der Waals surface area contributed by atoms with Crippen molar-refractivity contribution in [2.24, 2.45) is 0 Å². The molecule has 10 heteroatoms. The number of hydrogen-bond donors (Lipinski definition) is 1. The van der Waals surface area contributed by atoms with E-state index in [4.69, 9.17) is 4.74 Å². The van der Waals surface area contributed by atoms with Crippen LogP contribution in [0.25, 0.3) is 21.5 Å². The number of rotatable bonds is 8. The molecule has 0 aliphatic heterocycles. The van der Waals surface area contributed by atoms with Crippen LogP contribution >= 0.6 is 34.4 Å². The number of aromatic nitrogens is 3. The van der Waals surface area contributed by atoms with E-state index in [1.807, 2.05) is 19.1 Å². The molecule has 0 saturated carbocycles. The normalized spacial score (nSPS) is 11.1. The average Bonchev–Trinajstić information content (AvgIpc) is 3.49. The first kappa shape index (κ1) is 22.5. The molecule has 0 aliphatic rings. The van der Waals surface area contributed by atoms with E-state index in [9.17, 15) is 9.59 Å². The van der Waals surface area contributed by atoms with Gasteiger partial charge in [-0.1, -0.05) is 36.9 Å². The second-order valence-electron chi connectivity index (χ2n) is 7.03. The summed E-state index contributed by atoms with van der Waals surface area (Å²) in [7, 11) is 1.33. The van der Waals surface area contributed by atoms with Gasteiger partial charge in [0.1, 0.15) is 5.00 Å². The van der Waals surface area contributed by atoms with E-state index in [1.165, 1.54) is 34.9 Å². The molecule has 0 atom stereocenters. The summed E-state index contributed by atoms with van der Waals surface area (Å²) in [5, 5.41) is 16.1. The molecule has 0 saturated heterocycles. The molecule has 166 valence electrons. The van der Waals surface area contributed by atoms with Gasteiger partial charge in [-0.2, -0.15) is 0 Å². The topological polar surface area (TPSA) is 86.1 Å². The molecule has 3 aromatic heterocycles. The fourth-order valence-electron chi connectivity index (χ4n) is 3.33. The summed E-state index contributed by atoms with van der Waals surface area (Å²) < 4.78 is 8.08. The van der Waals surface area contributed by atoms with Gasteiger partial charge in [0, 0.05) is 32.5 Å². The van der Waals surface area contributed by atoms with Gasteiger partial charge in [0.05, 0.1) is 18.4 Å². The van der Waals surface area contributed by atoms with E-state index in [2.05, 4.69) is 44.5 Å². The van der Waals surface area contributed by atoms with Gasteiger partial charge in [-0.15, -0.1) is 32.9 Å². The fraction of sp³-hybridized carbons (Fsp3) is 0.273. The van der Waals surface area contributed by atoms with Crippen molar-refractivity contribution in [2.45, 2.75) is 32.0 Å². The van der Waals surface area contributed by atoms with Crippen LogP contribution < -0.4 is 5.32 Å². The van der Waals surface area contributed by atoms with Crippen LogP contribution in [0.5, 0.6) is 0 Å². The Kier molecular flexibility index (Phi) is 6.92. The van der Waals surface area contributed by atoms with Crippen molar-refractivity contribution >= 4 is 61.4 Å². The number of carbonyl (C=O) groups excluding carboxylic acids is 2. The van der Waals surface area contributed by atoms with E-state index in [0.29, 0.717) is 15.7 Å². The summed E-state index contributed by atoms with van der Waals surface area (Å²) >= 11 is 4.37. The number of amides is 1. The largest absolute Gasteiger partial charge is 0.465 e. The number of fused-ring (bicyclic) bond motifs is 1. The summed E-state index contributed by atoms with van der Waals surface area (Å²) in [4.78, 5) is 25.5. The van der Waals surface area contributed by atoms with Crippen LogP contribution in [0.1, 0.15) is 28.6 Å². The maximum atomic E-state index is 12.6. The Morgan fingerprint density at radius 3 is 2.84 bits per heavy atom. The zero-order valence-corrected chi connectivity index (χ0v) is 20.3. The van der Waals surface area contributed by atoms with Crippen LogP contribution in [0.4, 0.5) is 5.00 Å². The molecule has 0 fully saturated rings. The van der Waals surface area contributed by atoms with Crippen molar-refractivity contribution in [3.8, 4) is 11.4 Å². The molecule has 1 aromatic carbocycles. The second kappa shape index (κ2) is 9.85. The summed E-state index contributed by atoms with van der Waals surface area (Å²) in [5.41, 5.74) is 1.42. The molecule has 0 aliphatic carbocycles. The van der Waals surface area contributed by atoms with Gasteiger partial charge in [0.15, 0.2) is 11.0 Å². The highest BCUT2D eigenvalue weighted by Gasteiger charge is 2.20. The molecular weight excluding hydrogens is 464 g/mol. The van der Waals surface area contributed by atoms with E-state index < -0.39 is 5.97 Å². The number of esters is 1. The molecule has 0 radical (unpaired) electrons. The van der Waals surface area contributed by atoms with Gasteiger partial charge in [0.25, 0.3) is 0 Å². The Bertz CT molecular complexity index is 1270. The SMILES string of the molecule is CCCn1c(SCC(=O)Nc2sc(C)cc2C(=O)OC)nnc1-c1csc2ccccc12. The van der Waals surface area contributed by atoms with Gasteiger partial charge >= 0.3 is 5.97 Å². The minimum Gasteiger partial charge on any atom is -0.465 e. The van der Waals surface area contributed by atoms with Crippen LogP contribution in [-0.4, -0.2) is 39.5 Å². The number of carbonyl (C=O) groups is 2. The lowest BCUT2D eigenvalue weighted by molar-refractivity contribution is -0.113. The third-order valence-electron chi connectivity index (χ3n) is 4.73. The number of aryl methyl sites for hydroxylation is 1. The average molecular weight is 487 g/mol. The Morgan fingerprint density at radius 1 is 1.25 bits per heavy atom. The molecule has 4 aromatic rings. The molecule has 3 heterocycles. The first-order chi connectivity index (χ1) is 15.5. The molecule has 7 nitrogen and oxygen atoms in total. The standard InChI is InChI=1S/C22H22N4O3S3/c1-4-9-26-19(16-11-30-17-8-6-5-7-14(16)17)24-25-22(26)31-12-18(27)23-20-15(21(28)29-3)10-13(2)32-20/h5-8,10-11H,4,9,12H2,1-3H3,(H,23,27). The lowest BCUT2D eigenvalue weighted by Gasteiger charge is -2.09. The number of hydrogen-bond acceptors (Lipinski definition) is 8. The lowest BCUT2D eigenvalue weighted by atomic mass is 10.1. The van der Waals surface area contributed by atoms with Crippen LogP contribution in [0, 0.1) is 6.92 Å². The minimum atomic E-state index is -0.465. The number of anilines is 1. The van der Waals surface area contributed by atoms with Crippen LogP contribution in [0.2, 0.25) is 0 Å². The number of thioether (sulfide) groups is 1. The van der Waals surface area contributed by atoms with E-state index in [1.54, 1.807) is 17.4 Å². The highest BCUT2D eigenvalue weighted by atomic mass is 32.2.